The Bertz CT molecular complexity index is 344. The number of amides is 1. The molecule has 1 rings (SSSR count). The Morgan fingerprint density at radius 2 is 1.94 bits per heavy atom. The number of methoxy groups -OCH3 is 1. The lowest BCUT2D eigenvalue weighted by molar-refractivity contribution is 0.0948. The minimum atomic E-state index is -0.0172. The number of carbonyl (C=O) groups excluding carboxylic acids is 1. The molecule has 17 heavy (non-hydrogen) atoms. The van der Waals surface area contributed by atoms with Crippen molar-refractivity contribution in [3.05, 3.63) is 35.4 Å². The Morgan fingerprint density at radius 1 is 1.29 bits per heavy atom. The molecule has 0 aromatic heterocycles. The smallest absolute Gasteiger partial charge is 0.251 e. The molecule has 0 heterocycles. The van der Waals surface area contributed by atoms with Gasteiger partial charge in [0.05, 0.1) is 0 Å². The zero-order chi connectivity index (χ0) is 12.7. The van der Waals surface area contributed by atoms with Gasteiger partial charge in [-0.1, -0.05) is 26.0 Å². The molecule has 1 N–H and O–H groups in total. The molecule has 0 bridgehead atoms. The Balaban J connectivity index is 2.46. The van der Waals surface area contributed by atoms with Gasteiger partial charge in [0.2, 0.25) is 0 Å². The van der Waals surface area contributed by atoms with Crippen LogP contribution in [0.2, 0.25) is 0 Å². The molecule has 0 saturated heterocycles. The van der Waals surface area contributed by atoms with Crippen LogP contribution >= 0.6 is 0 Å². The average Bonchev–Trinajstić information content (AvgIpc) is 2.34. The molecule has 3 heteroatoms. The number of hydrogen-bond donors (Lipinski definition) is 1. The molecular formula is C14H21NO2. The lowest BCUT2D eigenvalue weighted by Crippen LogP contribution is -2.25. The Hall–Kier alpha value is -1.35. The summed E-state index contributed by atoms with van der Waals surface area (Å²) in [6, 6.07) is 7.77. The van der Waals surface area contributed by atoms with Gasteiger partial charge in [0.1, 0.15) is 0 Å². The summed E-state index contributed by atoms with van der Waals surface area (Å²) in [6.45, 7) is 5.60. The van der Waals surface area contributed by atoms with Crippen molar-refractivity contribution in [3.63, 3.8) is 0 Å². The molecule has 3 nitrogen and oxygen atoms in total. The normalized spacial score (nSPS) is 10.6. The Morgan fingerprint density at radius 3 is 2.47 bits per heavy atom. The standard InChI is InChI=1S/C14H21NO2/c1-11(2)12-5-7-13(8-6-12)14(16)15-9-4-10-17-3/h5-8,11H,4,9-10H2,1-3H3,(H,15,16). The van der Waals surface area contributed by atoms with Crippen LogP contribution in [0.3, 0.4) is 0 Å². The third-order valence-corrected chi connectivity index (χ3v) is 2.65. The first-order valence-corrected chi connectivity index (χ1v) is 6.02. The minimum Gasteiger partial charge on any atom is -0.385 e. The highest BCUT2D eigenvalue weighted by molar-refractivity contribution is 5.94. The van der Waals surface area contributed by atoms with Gasteiger partial charge < -0.3 is 10.1 Å². The highest BCUT2D eigenvalue weighted by Crippen LogP contribution is 2.14. The van der Waals surface area contributed by atoms with Crippen LogP contribution < -0.4 is 5.32 Å². The van der Waals surface area contributed by atoms with E-state index in [4.69, 9.17) is 4.74 Å². The van der Waals surface area contributed by atoms with E-state index in [0.29, 0.717) is 24.6 Å². The SMILES string of the molecule is COCCCNC(=O)c1ccc(C(C)C)cc1. The molecule has 0 unspecified atom stereocenters. The van der Waals surface area contributed by atoms with Gasteiger partial charge in [-0.15, -0.1) is 0 Å². The van der Waals surface area contributed by atoms with Crippen LogP contribution in [0.25, 0.3) is 0 Å². The van der Waals surface area contributed by atoms with Gasteiger partial charge in [-0.25, -0.2) is 0 Å². The molecule has 94 valence electrons. The van der Waals surface area contributed by atoms with Crippen molar-refractivity contribution < 1.29 is 9.53 Å². The van der Waals surface area contributed by atoms with Crippen molar-refractivity contribution >= 4 is 5.91 Å². The summed E-state index contributed by atoms with van der Waals surface area (Å²) in [6.07, 6.45) is 0.840. The van der Waals surface area contributed by atoms with E-state index in [1.807, 2.05) is 24.3 Å². The third kappa shape index (κ3) is 4.57. The molecule has 0 spiro atoms. The molecule has 1 aromatic rings. The van der Waals surface area contributed by atoms with Crippen molar-refractivity contribution in [3.8, 4) is 0 Å². The summed E-state index contributed by atoms with van der Waals surface area (Å²) in [5.74, 6) is 0.477. The summed E-state index contributed by atoms with van der Waals surface area (Å²) < 4.78 is 4.92. The van der Waals surface area contributed by atoms with Crippen molar-refractivity contribution in [2.75, 3.05) is 20.3 Å². The molecule has 0 aliphatic heterocycles. The summed E-state index contributed by atoms with van der Waals surface area (Å²) in [7, 11) is 1.66. The molecule has 0 fully saturated rings. The molecule has 0 atom stereocenters. The van der Waals surface area contributed by atoms with Crippen LogP contribution in [-0.2, 0) is 4.74 Å². The second-order valence-corrected chi connectivity index (χ2v) is 4.38. The van der Waals surface area contributed by atoms with Gasteiger partial charge in [0.15, 0.2) is 0 Å². The molecule has 1 amide bonds. The highest BCUT2D eigenvalue weighted by Gasteiger charge is 2.05. The second-order valence-electron chi connectivity index (χ2n) is 4.38. The van der Waals surface area contributed by atoms with E-state index >= 15 is 0 Å². The number of nitrogens with one attached hydrogen (secondary N) is 1. The zero-order valence-corrected chi connectivity index (χ0v) is 10.8. The molecule has 0 aliphatic rings. The van der Waals surface area contributed by atoms with Crippen LogP contribution in [-0.4, -0.2) is 26.2 Å². The molecule has 0 saturated carbocycles. The van der Waals surface area contributed by atoms with Crippen molar-refractivity contribution in [1.82, 2.24) is 5.32 Å². The largest absolute Gasteiger partial charge is 0.385 e. The average molecular weight is 235 g/mol. The van der Waals surface area contributed by atoms with Crippen molar-refractivity contribution in [2.24, 2.45) is 0 Å². The predicted molar refractivity (Wildman–Crippen MR) is 69.4 cm³/mol. The molecule has 1 aromatic carbocycles. The fourth-order valence-corrected chi connectivity index (χ4v) is 1.54. The van der Waals surface area contributed by atoms with Crippen LogP contribution in [0.5, 0.6) is 0 Å². The van der Waals surface area contributed by atoms with Crippen molar-refractivity contribution in [1.29, 1.82) is 0 Å². The third-order valence-electron chi connectivity index (χ3n) is 2.65. The quantitative estimate of drug-likeness (QED) is 0.770. The number of carbonyl (C=O) groups is 1. The number of hydrogen-bond acceptors (Lipinski definition) is 2. The van der Waals surface area contributed by atoms with Crippen LogP contribution in [0.1, 0.15) is 42.1 Å². The van der Waals surface area contributed by atoms with E-state index in [1.54, 1.807) is 7.11 Å². The lowest BCUT2D eigenvalue weighted by Gasteiger charge is -2.07. The first kappa shape index (κ1) is 13.7. The summed E-state index contributed by atoms with van der Waals surface area (Å²) in [5.41, 5.74) is 1.97. The number of rotatable bonds is 6. The van der Waals surface area contributed by atoms with Crippen LogP contribution in [0, 0.1) is 0 Å². The van der Waals surface area contributed by atoms with Gasteiger partial charge in [-0.3, -0.25) is 4.79 Å². The maximum Gasteiger partial charge on any atom is 0.251 e. The maximum atomic E-state index is 11.7. The fraction of sp³-hybridized carbons (Fsp3) is 0.500. The van der Waals surface area contributed by atoms with E-state index in [1.165, 1.54) is 5.56 Å². The number of ether oxygens (including phenoxy) is 1. The monoisotopic (exact) mass is 235 g/mol. The lowest BCUT2D eigenvalue weighted by atomic mass is 10.0. The van der Waals surface area contributed by atoms with E-state index in [2.05, 4.69) is 19.2 Å². The molecule has 0 radical (unpaired) electrons. The fourth-order valence-electron chi connectivity index (χ4n) is 1.54. The van der Waals surface area contributed by atoms with Gasteiger partial charge in [0.25, 0.3) is 5.91 Å². The summed E-state index contributed by atoms with van der Waals surface area (Å²) >= 11 is 0. The van der Waals surface area contributed by atoms with Gasteiger partial charge in [-0.05, 0) is 30.0 Å². The predicted octanol–water partition coefficient (Wildman–Crippen LogP) is 2.58. The minimum absolute atomic E-state index is 0.0172. The van der Waals surface area contributed by atoms with E-state index < -0.39 is 0 Å². The van der Waals surface area contributed by atoms with Gasteiger partial charge in [-0.2, -0.15) is 0 Å². The highest BCUT2D eigenvalue weighted by atomic mass is 16.5. The molecule has 0 aliphatic carbocycles. The number of benzene rings is 1. The Labute approximate surface area is 103 Å². The first-order chi connectivity index (χ1) is 8.15. The first-order valence-electron chi connectivity index (χ1n) is 6.02. The van der Waals surface area contributed by atoms with Crippen LogP contribution in [0.15, 0.2) is 24.3 Å². The van der Waals surface area contributed by atoms with E-state index in [0.717, 1.165) is 6.42 Å². The Kier molecular flexibility index (Phi) is 5.70. The van der Waals surface area contributed by atoms with Crippen molar-refractivity contribution in [2.45, 2.75) is 26.2 Å². The van der Waals surface area contributed by atoms with Gasteiger partial charge >= 0.3 is 0 Å². The topological polar surface area (TPSA) is 38.3 Å². The summed E-state index contributed by atoms with van der Waals surface area (Å²) in [5, 5.41) is 2.86. The van der Waals surface area contributed by atoms with E-state index in [-0.39, 0.29) is 5.91 Å². The molecular weight excluding hydrogens is 214 g/mol. The zero-order valence-electron chi connectivity index (χ0n) is 10.8. The summed E-state index contributed by atoms with van der Waals surface area (Å²) in [4.78, 5) is 11.7. The van der Waals surface area contributed by atoms with Crippen LogP contribution in [0.4, 0.5) is 0 Å². The second kappa shape index (κ2) is 7.07. The maximum absolute atomic E-state index is 11.7. The van der Waals surface area contributed by atoms with Gasteiger partial charge in [0, 0.05) is 25.8 Å². The van der Waals surface area contributed by atoms with E-state index in [9.17, 15) is 4.79 Å².